The van der Waals surface area contributed by atoms with Crippen molar-refractivity contribution in [2.24, 2.45) is 5.92 Å². The van der Waals surface area contributed by atoms with Gasteiger partial charge >= 0.3 is 5.97 Å². The molecule has 0 radical (unpaired) electrons. The number of hydrogen-bond acceptors (Lipinski definition) is 4. The minimum atomic E-state index is -0.227. The summed E-state index contributed by atoms with van der Waals surface area (Å²) < 4.78 is 10.2. The summed E-state index contributed by atoms with van der Waals surface area (Å²) in [4.78, 5) is 21.9. The van der Waals surface area contributed by atoms with E-state index in [1.807, 2.05) is 0 Å². The van der Waals surface area contributed by atoms with Crippen LogP contribution in [0.4, 0.5) is 0 Å². The molecule has 2 fully saturated rings. The summed E-state index contributed by atoms with van der Waals surface area (Å²) in [5.74, 6) is -0.243. The van der Waals surface area contributed by atoms with Crippen molar-refractivity contribution in [3.05, 3.63) is 0 Å². The Bertz CT molecular complexity index is 222. The summed E-state index contributed by atoms with van der Waals surface area (Å²) in [6.45, 7) is 1.17. The molecule has 2 aliphatic rings. The van der Waals surface area contributed by atoms with E-state index in [9.17, 15) is 9.59 Å². The first-order chi connectivity index (χ1) is 6.25. The molecule has 0 N–H and O–H groups in total. The first-order valence-electron chi connectivity index (χ1n) is 4.55. The largest absolute Gasteiger partial charge is 0.460 e. The second-order valence-electron chi connectivity index (χ2n) is 3.57. The lowest BCUT2D eigenvalue weighted by Gasteiger charge is -2.23. The first kappa shape index (κ1) is 8.69. The maximum Gasteiger partial charge on any atom is 0.310 e. The molecular formula is C9H12O4. The molecule has 1 saturated heterocycles. The van der Waals surface area contributed by atoms with Gasteiger partial charge in [-0.05, 0) is 0 Å². The molecule has 13 heavy (non-hydrogen) atoms. The van der Waals surface area contributed by atoms with Gasteiger partial charge in [-0.1, -0.05) is 0 Å². The van der Waals surface area contributed by atoms with Gasteiger partial charge in [-0.3, -0.25) is 9.59 Å². The van der Waals surface area contributed by atoms with Crippen LogP contribution in [0.25, 0.3) is 0 Å². The van der Waals surface area contributed by atoms with Crippen LogP contribution >= 0.6 is 0 Å². The third-order valence-corrected chi connectivity index (χ3v) is 2.45. The van der Waals surface area contributed by atoms with E-state index >= 15 is 0 Å². The standard InChI is InChI=1S/C9H12O4/c10-7-3-6(4-7)9(11)13-8-1-2-12-5-8/h6,8H,1-5H2. The van der Waals surface area contributed by atoms with Crippen LogP contribution in [0.2, 0.25) is 0 Å². The van der Waals surface area contributed by atoms with E-state index in [0.29, 0.717) is 26.1 Å². The van der Waals surface area contributed by atoms with Crippen LogP contribution in [0.15, 0.2) is 0 Å². The number of carbonyl (C=O) groups excluding carboxylic acids is 2. The first-order valence-corrected chi connectivity index (χ1v) is 4.55. The predicted molar refractivity (Wildman–Crippen MR) is 43.0 cm³/mol. The fourth-order valence-corrected chi connectivity index (χ4v) is 1.52. The van der Waals surface area contributed by atoms with Crippen LogP contribution in [-0.4, -0.2) is 31.1 Å². The monoisotopic (exact) mass is 184 g/mol. The Labute approximate surface area is 76.2 Å². The molecule has 0 aromatic heterocycles. The molecule has 1 saturated carbocycles. The summed E-state index contributed by atoms with van der Waals surface area (Å²) in [5.41, 5.74) is 0. The van der Waals surface area contributed by atoms with Crippen molar-refractivity contribution in [2.75, 3.05) is 13.2 Å². The van der Waals surface area contributed by atoms with Crippen LogP contribution in [-0.2, 0) is 19.1 Å². The zero-order valence-corrected chi connectivity index (χ0v) is 7.32. The molecule has 4 nitrogen and oxygen atoms in total. The van der Waals surface area contributed by atoms with Crippen molar-refractivity contribution < 1.29 is 19.1 Å². The predicted octanol–water partition coefficient (Wildman–Crippen LogP) is 0.298. The Morgan fingerprint density at radius 2 is 2.23 bits per heavy atom. The molecule has 0 aromatic rings. The van der Waals surface area contributed by atoms with E-state index in [0.717, 1.165) is 6.42 Å². The molecule has 1 atom stereocenters. The summed E-state index contributed by atoms with van der Waals surface area (Å²) in [7, 11) is 0. The van der Waals surface area contributed by atoms with Crippen LogP contribution in [0.3, 0.4) is 0 Å². The number of Topliss-reactive ketones (excluding diaryl/α,β-unsaturated/α-hetero) is 1. The lowest BCUT2D eigenvalue weighted by atomic mass is 9.84. The second-order valence-corrected chi connectivity index (χ2v) is 3.57. The Hall–Kier alpha value is -0.900. The minimum absolute atomic E-state index is 0.0804. The van der Waals surface area contributed by atoms with Crippen LogP contribution in [0, 0.1) is 5.92 Å². The fourth-order valence-electron chi connectivity index (χ4n) is 1.52. The Morgan fingerprint density at radius 1 is 1.46 bits per heavy atom. The van der Waals surface area contributed by atoms with Gasteiger partial charge in [-0.2, -0.15) is 0 Å². The highest BCUT2D eigenvalue weighted by Crippen LogP contribution is 2.25. The molecule has 1 aliphatic heterocycles. The highest BCUT2D eigenvalue weighted by atomic mass is 16.6. The van der Waals surface area contributed by atoms with Gasteiger partial charge in [0, 0.05) is 19.3 Å². The van der Waals surface area contributed by atoms with E-state index in [1.165, 1.54) is 0 Å². The quantitative estimate of drug-likeness (QED) is 0.579. The third-order valence-electron chi connectivity index (χ3n) is 2.45. The summed E-state index contributed by atoms with van der Waals surface area (Å²) in [5, 5.41) is 0. The average molecular weight is 184 g/mol. The SMILES string of the molecule is O=C1CC(C(=O)OC2CCOC2)C1. The van der Waals surface area contributed by atoms with Crippen molar-refractivity contribution in [3.63, 3.8) is 0 Å². The molecule has 2 rings (SSSR count). The number of esters is 1. The van der Waals surface area contributed by atoms with Crippen molar-refractivity contribution >= 4 is 11.8 Å². The highest BCUT2D eigenvalue weighted by molar-refractivity contribution is 5.94. The smallest absolute Gasteiger partial charge is 0.310 e. The van der Waals surface area contributed by atoms with Crippen molar-refractivity contribution in [1.29, 1.82) is 0 Å². The van der Waals surface area contributed by atoms with Crippen LogP contribution < -0.4 is 0 Å². The fraction of sp³-hybridized carbons (Fsp3) is 0.778. The normalized spacial score (nSPS) is 28.6. The van der Waals surface area contributed by atoms with Gasteiger partial charge in [-0.25, -0.2) is 0 Å². The third kappa shape index (κ3) is 1.88. The molecule has 0 spiro atoms. The Kier molecular flexibility index (Phi) is 2.31. The van der Waals surface area contributed by atoms with Gasteiger partial charge in [0.25, 0.3) is 0 Å². The average Bonchev–Trinajstić information content (AvgIpc) is 2.51. The number of carbonyl (C=O) groups is 2. The zero-order chi connectivity index (χ0) is 9.26. The molecule has 1 aliphatic carbocycles. The molecule has 1 heterocycles. The van der Waals surface area contributed by atoms with Crippen LogP contribution in [0.5, 0.6) is 0 Å². The molecular weight excluding hydrogens is 172 g/mol. The van der Waals surface area contributed by atoms with Gasteiger partial charge in [0.1, 0.15) is 11.9 Å². The summed E-state index contributed by atoms with van der Waals surface area (Å²) in [6.07, 6.45) is 1.44. The topological polar surface area (TPSA) is 52.6 Å². The lowest BCUT2D eigenvalue weighted by molar-refractivity contribution is -0.160. The number of ether oxygens (including phenoxy) is 2. The number of rotatable bonds is 2. The molecule has 1 unspecified atom stereocenters. The van der Waals surface area contributed by atoms with Gasteiger partial charge in [0.05, 0.1) is 19.1 Å². The maximum atomic E-state index is 11.3. The zero-order valence-electron chi connectivity index (χ0n) is 7.32. The molecule has 0 bridgehead atoms. The van der Waals surface area contributed by atoms with Crippen molar-refractivity contribution in [3.8, 4) is 0 Å². The highest BCUT2D eigenvalue weighted by Gasteiger charge is 2.35. The van der Waals surface area contributed by atoms with Gasteiger partial charge in [-0.15, -0.1) is 0 Å². The van der Waals surface area contributed by atoms with Crippen LogP contribution in [0.1, 0.15) is 19.3 Å². The van der Waals surface area contributed by atoms with E-state index in [1.54, 1.807) is 0 Å². The maximum absolute atomic E-state index is 11.3. The van der Waals surface area contributed by atoms with Gasteiger partial charge in [0.2, 0.25) is 0 Å². The number of ketones is 1. The van der Waals surface area contributed by atoms with E-state index < -0.39 is 0 Å². The number of hydrogen-bond donors (Lipinski definition) is 0. The van der Waals surface area contributed by atoms with Gasteiger partial charge < -0.3 is 9.47 Å². The molecule has 72 valence electrons. The summed E-state index contributed by atoms with van der Waals surface area (Å²) in [6, 6.07) is 0. The van der Waals surface area contributed by atoms with Gasteiger partial charge in [0.15, 0.2) is 0 Å². The van der Waals surface area contributed by atoms with E-state index in [4.69, 9.17) is 9.47 Å². The Morgan fingerprint density at radius 3 is 2.77 bits per heavy atom. The van der Waals surface area contributed by atoms with Crippen molar-refractivity contribution in [2.45, 2.75) is 25.4 Å². The molecule has 0 amide bonds. The van der Waals surface area contributed by atoms with E-state index in [-0.39, 0.29) is 23.8 Å². The summed E-state index contributed by atoms with van der Waals surface area (Å²) >= 11 is 0. The molecule has 0 aromatic carbocycles. The van der Waals surface area contributed by atoms with Crippen molar-refractivity contribution in [1.82, 2.24) is 0 Å². The molecule has 4 heteroatoms. The lowest BCUT2D eigenvalue weighted by Crippen LogP contribution is -2.34. The Balaban J connectivity index is 1.74. The van der Waals surface area contributed by atoms with E-state index in [2.05, 4.69) is 0 Å². The second kappa shape index (κ2) is 3.46. The minimum Gasteiger partial charge on any atom is -0.460 e.